The molecule has 3 heterocycles. The first kappa shape index (κ1) is 17.8. The number of nitrogens with zero attached hydrogens (tertiary/aromatic N) is 4. The molecule has 1 aliphatic carbocycles. The lowest BCUT2D eigenvalue weighted by Gasteiger charge is -2.15. The van der Waals surface area contributed by atoms with E-state index in [1.54, 1.807) is 6.07 Å². The van der Waals surface area contributed by atoms with Crippen molar-refractivity contribution >= 4 is 5.65 Å². The van der Waals surface area contributed by atoms with Crippen LogP contribution in [0.4, 0.5) is 22.0 Å². The van der Waals surface area contributed by atoms with Gasteiger partial charge in [-0.3, -0.25) is 9.38 Å². The number of hydrogen-bond donors (Lipinski definition) is 0. The molecule has 1 saturated carbocycles. The Morgan fingerprint density at radius 2 is 1.74 bits per heavy atom. The minimum atomic E-state index is -4.55. The van der Waals surface area contributed by atoms with E-state index in [0.717, 1.165) is 29.5 Å². The molecule has 27 heavy (non-hydrogen) atoms. The van der Waals surface area contributed by atoms with Crippen LogP contribution < -0.4 is 0 Å². The quantitative estimate of drug-likeness (QED) is 0.616. The number of ether oxygens (including phenoxy) is 1. The van der Waals surface area contributed by atoms with Gasteiger partial charge in [0.15, 0.2) is 5.65 Å². The van der Waals surface area contributed by atoms with Crippen LogP contribution in [0.15, 0.2) is 36.7 Å². The molecule has 5 nitrogen and oxygen atoms in total. The molecule has 0 bridgehead atoms. The summed E-state index contributed by atoms with van der Waals surface area (Å²) in [5, 5.41) is 7.22. The summed E-state index contributed by atoms with van der Waals surface area (Å²) in [4.78, 5) is 3.38. The molecule has 0 N–H and O–H groups in total. The number of rotatable bonds is 5. The largest absolute Gasteiger partial charge is 0.433 e. The summed E-state index contributed by atoms with van der Waals surface area (Å²) in [6.07, 6.45) is -4.09. The molecule has 0 aliphatic heterocycles. The Hall–Kier alpha value is -2.62. The minimum absolute atomic E-state index is 0.0651. The topological polar surface area (TPSA) is 52.3 Å². The lowest BCUT2D eigenvalue weighted by molar-refractivity contribution is -0.256. The first-order valence-corrected chi connectivity index (χ1v) is 8.15. The minimum Gasteiger partial charge on any atom is -0.314 e. The number of hydrogen-bond acceptors (Lipinski definition) is 4. The molecule has 142 valence electrons. The predicted octanol–water partition coefficient (Wildman–Crippen LogP) is 4.29. The van der Waals surface area contributed by atoms with Gasteiger partial charge in [0.1, 0.15) is 5.69 Å². The van der Waals surface area contributed by atoms with E-state index in [2.05, 4.69) is 15.2 Å². The third kappa shape index (κ3) is 3.61. The number of halogens is 5. The SMILES string of the molecule is FC(F)(F)c1ccc(-c2ccc3nnc(C(F)(F)OCC4CC4)n3c2)cn1. The fourth-order valence-corrected chi connectivity index (χ4v) is 2.56. The second kappa shape index (κ2) is 6.22. The maximum Gasteiger partial charge on any atom is 0.433 e. The van der Waals surface area contributed by atoms with Gasteiger partial charge in [-0.2, -0.15) is 22.0 Å². The monoisotopic (exact) mass is 384 g/mol. The third-order valence-electron chi connectivity index (χ3n) is 4.25. The van der Waals surface area contributed by atoms with Gasteiger partial charge in [-0.05, 0) is 37.0 Å². The molecule has 4 rings (SSSR count). The summed E-state index contributed by atoms with van der Waals surface area (Å²) >= 11 is 0. The van der Waals surface area contributed by atoms with Crippen LogP contribution in [-0.4, -0.2) is 26.2 Å². The van der Waals surface area contributed by atoms with E-state index in [-0.39, 0.29) is 18.2 Å². The summed E-state index contributed by atoms with van der Waals surface area (Å²) in [5.41, 5.74) is -0.129. The van der Waals surface area contributed by atoms with Gasteiger partial charge in [0.25, 0.3) is 0 Å². The van der Waals surface area contributed by atoms with Crippen LogP contribution in [0.2, 0.25) is 0 Å². The van der Waals surface area contributed by atoms with Gasteiger partial charge < -0.3 is 4.74 Å². The van der Waals surface area contributed by atoms with Gasteiger partial charge in [-0.15, -0.1) is 10.2 Å². The molecule has 0 amide bonds. The molecular weight excluding hydrogens is 371 g/mol. The van der Waals surface area contributed by atoms with Gasteiger partial charge in [-0.25, -0.2) is 0 Å². The van der Waals surface area contributed by atoms with Crippen molar-refractivity contribution in [1.29, 1.82) is 0 Å². The predicted molar refractivity (Wildman–Crippen MR) is 83.8 cm³/mol. The highest BCUT2D eigenvalue weighted by molar-refractivity contribution is 5.63. The highest BCUT2D eigenvalue weighted by Gasteiger charge is 2.40. The Labute approximate surface area is 149 Å². The van der Waals surface area contributed by atoms with Crippen molar-refractivity contribution in [2.75, 3.05) is 6.61 Å². The lowest BCUT2D eigenvalue weighted by Crippen LogP contribution is -2.23. The fourth-order valence-electron chi connectivity index (χ4n) is 2.56. The van der Waals surface area contributed by atoms with Crippen LogP contribution in [0, 0.1) is 5.92 Å². The van der Waals surface area contributed by atoms with E-state index in [4.69, 9.17) is 4.74 Å². The zero-order valence-electron chi connectivity index (χ0n) is 13.7. The third-order valence-corrected chi connectivity index (χ3v) is 4.25. The summed E-state index contributed by atoms with van der Waals surface area (Å²) in [5.74, 6) is -0.538. The van der Waals surface area contributed by atoms with Crippen LogP contribution in [-0.2, 0) is 17.0 Å². The summed E-state index contributed by atoms with van der Waals surface area (Å²) in [6.45, 7) is -0.0651. The van der Waals surface area contributed by atoms with Gasteiger partial charge in [0.2, 0.25) is 5.82 Å². The summed E-state index contributed by atoms with van der Waals surface area (Å²) < 4.78 is 72.3. The molecule has 3 aromatic rings. The molecule has 0 aromatic carbocycles. The van der Waals surface area contributed by atoms with Crippen LogP contribution in [0.1, 0.15) is 24.4 Å². The van der Waals surface area contributed by atoms with Gasteiger partial charge in [0, 0.05) is 23.5 Å². The number of fused-ring (bicyclic) bond motifs is 1. The zero-order chi connectivity index (χ0) is 19.2. The number of pyridine rings is 2. The Kier molecular flexibility index (Phi) is 4.10. The second-order valence-electron chi connectivity index (χ2n) is 6.37. The Morgan fingerprint density at radius 1 is 1.00 bits per heavy atom. The smallest absolute Gasteiger partial charge is 0.314 e. The average Bonchev–Trinajstić information content (AvgIpc) is 3.36. The van der Waals surface area contributed by atoms with Crippen molar-refractivity contribution in [3.05, 3.63) is 48.2 Å². The van der Waals surface area contributed by atoms with Crippen molar-refractivity contribution in [1.82, 2.24) is 19.6 Å². The van der Waals surface area contributed by atoms with E-state index in [1.165, 1.54) is 18.3 Å². The maximum atomic E-state index is 14.3. The highest BCUT2D eigenvalue weighted by atomic mass is 19.4. The van der Waals surface area contributed by atoms with Crippen molar-refractivity contribution in [3.8, 4) is 11.1 Å². The molecule has 0 saturated heterocycles. The molecule has 3 aromatic heterocycles. The summed E-state index contributed by atoms with van der Waals surface area (Å²) in [6, 6.07) is 5.05. The standard InChI is InChI=1S/C17H13F5N4O/c18-16(19,20)13-5-3-11(7-23-13)12-4-6-14-24-25-15(26(14)8-12)17(21,22)27-9-10-1-2-10/h3-8,10H,1-2,9H2. The molecule has 1 fully saturated rings. The normalized spacial score (nSPS) is 15.4. The van der Waals surface area contributed by atoms with E-state index >= 15 is 0 Å². The van der Waals surface area contributed by atoms with Gasteiger partial charge >= 0.3 is 12.3 Å². The Bertz CT molecular complexity index is 964. The van der Waals surface area contributed by atoms with Crippen LogP contribution in [0.5, 0.6) is 0 Å². The van der Waals surface area contributed by atoms with Crippen molar-refractivity contribution in [2.45, 2.75) is 25.1 Å². The number of alkyl halides is 5. The summed E-state index contributed by atoms with van der Waals surface area (Å²) in [7, 11) is 0. The van der Waals surface area contributed by atoms with Crippen LogP contribution in [0.25, 0.3) is 16.8 Å². The first-order valence-electron chi connectivity index (χ1n) is 8.15. The van der Waals surface area contributed by atoms with Crippen molar-refractivity contribution in [3.63, 3.8) is 0 Å². The van der Waals surface area contributed by atoms with E-state index < -0.39 is 23.8 Å². The second-order valence-corrected chi connectivity index (χ2v) is 6.37. The van der Waals surface area contributed by atoms with Gasteiger partial charge in [0.05, 0.1) is 6.61 Å². The van der Waals surface area contributed by atoms with Crippen LogP contribution >= 0.6 is 0 Å². The molecule has 0 radical (unpaired) electrons. The van der Waals surface area contributed by atoms with E-state index in [1.807, 2.05) is 0 Å². The highest BCUT2D eigenvalue weighted by Crippen LogP contribution is 2.35. The Balaban J connectivity index is 1.67. The fraction of sp³-hybridized carbons (Fsp3) is 0.353. The Morgan fingerprint density at radius 3 is 2.37 bits per heavy atom. The zero-order valence-corrected chi connectivity index (χ0v) is 13.7. The molecule has 10 heteroatoms. The average molecular weight is 384 g/mol. The van der Waals surface area contributed by atoms with Crippen LogP contribution in [0.3, 0.4) is 0 Å². The number of aromatic nitrogens is 4. The van der Waals surface area contributed by atoms with E-state index in [0.29, 0.717) is 11.1 Å². The molecule has 1 aliphatic rings. The van der Waals surface area contributed by atoms with Crippen molar-refractivity contribution < 1.29 is 26.7 Å². The van der Waals surface area contributed by atoms with E-state index in [9.17, 15) is 22.0 Å². The lowest BCUT2D eigenvalue weighted by atomic mass is 10.1. The maximum absolute atomic E-state index is 14.3. The first-order chi connectivity index (χ1) is 12.7. The van der Waals surface area contributed by atoms with Crippen molar-refractivity contribution in [2.24, 2.45) is 5.92 Å². The van der Waals surface area contributed by atoms with Gasteiger partial charge in [-0.1, -0.05) is 6.07 Å². The molecule has 0 spiro atoms. The molecule has 0 atom stereocenters. The molecule has 0 unspecified atom stereocenters. The molecular formula is C17H13F5N4O.